The van der Waals surface area contributed by atoms with Crippen molar-refractivity contribution in [3.63, 3.8) is 0 Å². The number of carbonyl (C=O) groups is 1. The number of hydrogen-bond acceptors (Lipinski definition) is 2. The number of aromatic nitrogens is 3. The van der Waals surface area contributed by atoms with Crippen LogP contribution >= 0.6 is 0 Å². The molecule has 1 aliphatic rings. The molecule has 1 atom stereocenters. The number of benzene rings is 3. The minimum absolute atomic E-state index is 0.218. The fourth-order valence-corrected chi connectivity index (χ4v) is 5.14. The zero-order valence-corrected chi connectivity index (χ0v) is 20.7. The maximum absolute atomic E-state index is 14.5. The summed E-state index contributed by atoms with van der Waals surface area (Å²) < 4.78 is 32.3. The fourth-order valence-electron chi connectivity index (χ4n) is 5.14. The Morgan fingerprint density at radius 1 is 0.947 bits per heavy atom. The van der Waals surface area contributed by atoms with E-state index in [2.05, 4.69) is 5.32 Å². The molecule has 6 nitrogen and oxygen atoms in total. The average molecular weight is 510 g/mol. The van der Waals surface area contributed by atoms with Gasteiger partial charge in [-0.3, -0.25) is 0 Å². The Balaban J connectivity index is 1.56. The Labute approximate surface area is 218 Å². The van der Waals surface area contributed by atoms with E-state index < -0.39 is 23.7 Å². The van der Waals surface area contributed by atoms with E-state index in [1.807, 2.05) is 70.9 Å². The third-order valence-electron chi connectivity index (χ3n) is 6.81. The molecular formula is C30H25F2N5O. The van der Waals surface area contributed by atoms with Gasteiger partial charge in [0.25, 0.3) is 0 Å². The van der Waals surface area contributed by atoms with Crippen molar-refractivity contribution in [2.24, 2.45) is 0 Å². The molecule has 0 saturated carbocycles. The molecule has 0 bridgehead atoms. The molecule has 1 N–H and O–H groups in total. The zero-order chi connectivity index (χ0) is 26.2. The van der Waals surface area contributed by atoms with E-state index in [9.17, 15) is 13.6 Å². The first-order chi connectivity index (χ1) is 18.5. The topological polar surface area (TPSA) is 55.1 Å². The number of aryl methyl sites for hydroxylation is 1. The number of rotatable bonds is 4. The van der Waals surface area contributed by atoms with Gasteiger partial charge in [-0.25, -0.2) is 18.3 Å². The maximum Gasteiger partial charge on any atom is 0.322 e. The number of fused-ring (bicyclic) bond motifs is 3. The van der Waals surface area contributed by atoms with Crippen molar-refractivity contribution in [1.82, 2.24) is 19.2 Å². The highest BCUT2D eigenvalue weighted by atomic mass is 19.1. The molecule has 190 valence electrons. The van der Waals surface area contributed by atoms with Crippen LogP contribution in [0.25, 0.3) is 11.5 Å². The lowest BCUT2D eigenvalue weighted by molar-refractivity contribution is 0.194. The van der Waals surface area contributed by atoms with Gasteiger partial charge < -0.3 is 14.8 Å². The third-order valence-corrected chi connectivity index (χ3v) is 6.81. The van der Waals surface area contributed by atoms with E-state index in [0.717, 1.165) is 28.5 Å². The second-order valence-electron chi connectivity index (χ2n) is 9.18. The summed E-state index contributed by atoms with van der Waals surface area (Å²) in [6.45, 7) is 2.25. The molecule has 0 aliphatic carbocycles. The van der Waals surface area contributed by atoms with Crippen LogP contribution in [0.2, 0.25) is 0 Å². The highest BCUT2D eigenvalue weighted by Crippen LogP contribution is 2.39. The Morgan fingerprint density at radius 2 is 1.71 bits per heavy atom. The number of carbonyl (C=O) groups excluding carboxylic acids is 1. The van der Waals surface area contributed by atoms with Crippen molar-refractivity contribution in [1.29, 1.82) is 0 Å². The average Bonchev–Trinajstić information content (AvgIpc) is 3.50. The molecule has 3 aromatic carbocycles. The second kappa shape index (κ2) is 9.63. The van der Waals surface area contributed by atoms with Gasteiger partial charge >= 0.3 is 6.03 Å². The Morgan fingerprint density at radius 3 is 2.45 bits per heavy atom. The molecule has 0 saturated heterocycles. The molecule has 5 aromatic rings. The van der Waals surface area contributed by atoms with Gasteiger partial charge in [0.15, 0.2) is 0 Å². The molecule has 3 heterocycles. The number of urea groups is 1. The van der Waals surface area contributed by atoms with Crippen molar-refractivity contribution in [2.45, 2.75) is 25.9 Å². The third kappa shape index (κ3) is 4.14. The number of nitrogens with one attached hydrogen (secondary N) is 1. The fraction of sp³-hybridized carbons (Fsp3) is 0.133. The first-order valence-corrected chi connectivity index (χ1v) is 12.5. The van der Waals surface area contributed by atoms with Crippen LogP contribution in [0, 0.1) is 11.6 Å². The van der Waals surface area contributed by atoms with Crippen LogP contribution in [0.5, 0.6) is 0 Å². The monoisotopic (exact) mass is 509 g/mol. The van der Waals surface area contributed by atoms with Gasteiger partial charge in [-0.15, -0.1) is 0 Å². The maximum atomic E-state index is 14.5. The summed E-state index contributed by atoms with van der Waals surface area (Å²) in [5.74, 6) is -0.0120. The number of para-hydroxylation sites is 1. The molecule has 2 amide bonds. The molecule has 0 spiro atoms. The summed E-state index contributed by atoms with van der Waals surface area (Å²) in [5, 5.41) is 7.77. The molecule has 0 unspecified atom stereocenters. The summed E-state index contributed by atoms with van der Waals surface area (Å²) >= 11 is 0. The molecule has 0 fully saturated rings. The van der Waals surface area contributed by atoms with Gasteiger partial charge in [-0.2, -0.15) is 5.10 Å². The van der Waals surface area contributed by atoms with Crippen molar-refractivity contribution < 1.29 is 13.6 Å². The summed E-state index contributed by atoms with van der Waals surface area (Å²) in [4.78, 5) is 15.5. The predicted molar refractivity (Wildman–Crippen MR) is 141 cm³/mol. The summed E-state index contributed by atoms with van der Waals surface area (Å²) in [7, 11) is 0. The number of nitrogens with zero attached hydrogens (tertiary/aromatic N) is 4. The quantitative estimate of drug-likeness (QED) is 0.295. The SMILES string of the molecule is CCc1nn(-c2ccccc2)c2c1CN(C(=O)Nc1cccc(F)c1)[C@H](c1cccc(F)c1)c1cccn1-2. The lowest BCUT2D eigenvalue weighted by Crippen LogP contribution is -2.38. The van der Waals surface area contributed by atoms with Gasteiger partial charge in [-0.05, 0) is 66.6 Å². The lowest BCUT2D eigenvalue weighted by atomic mass is 10.0. The smallest absolute Gasteiger partial charge is 0.308 e. The van der Waals surface area contributed by atoms with Crippen molar-refractivity contribution in [3.05, 3.63) is 131 Å². The second-order valence-corrected chi connectivity index (χ2v) is 9.18. The molecule has 8 heteroatoms. The number of anilines is 1. The minimum atomic E-state index is -0.615. The van der Waals surface area contributed by atoms with Crippen LogP contribution in [-0.4, -0.2) is 25.3 Å². The van der Waals surface area contributed by atoms with Crippen LogP contribution in [0.3, 0.4) is 0 Å². The molecule has 1 aliphatic heterocycles. The Bertz CT molecular complexity index is 1620. The Kier molecular flexibility index (Phi) is 5.99. The standard InChI is InChI=1S/C30H25F2N5O/c1-2-26-25-19-36(30(38)33-23-12-7-11-22(32)18-23)28(20-9-6-10-21(31)17-20)27-15-8-16-35(27)29(25)37(34-26)24-13-4-3-5-14-24/h3-18,28H,2,19H2,1H3,(H,33,38)/t28-/m1/s1. The van der Waals surface area contributed by atoms with Gasteiger partial charge in [-0.1, -0.05) is 43.3 Å². The van der Waals surface area contributed by atoms with Crippen LogP contribution in [0.4, 0.5) is 19.3 Å². The van der Waals surface area contributed by atoms with Gasteiger partial charge in [0, 0.05) is 17.4 Å². The van der Waals surface area contributed by atoms with Crippen LogP contribution < -0.4 is 5.32 Å². The minimum Gasteiger partial charge on any atom is -0.308 e. The van der Waals surface area contributed by atoms with Crippen LogP contribution in [-0.2, 0) is 13.0 Å². The first kappa shape index (κ1) is 23.7. The summed E-state index contributed by atoms with van der Waals surface area (Å²) in [6, 6.07) is 24.7. The first-order valence-electron chi connectivity index (χ1n) is 12.5. The molecule has 0 radical (unpaired) electrons. The highest BCUT2D eigenvalue weighted by molar-refractivity contribution is 5.90. The van der Waals surface area contributed by atoms with E-state index >= 15 is 0 Å². The van der Waals surface area contributed by atoms with E-state index in [1.165, 1.54) is 24.3 Å². The largest absolute Gasteiger partial charge is 0.322 e. The number of halogens is 2. The predicted octanol–water partition coefficient (Wildman–Crippen LogP) is 6.64. The van der Waals surface area contributed by atoms with Gasteiger partial charge in [0.05, 0.1) is 29.7 Å². The van der Waals surface area contributed by atoms with Crippen molar-refractivity contribution in [2.75, 3.05) is 5.32 Å². The van der Waals surface area contributed by atoms with Crippen LogP contribution in [0.15, 0.2) is 97.2 Å². The summed E-state index contributed by atoms with van der Waals surface area (Å²) in [5.41, 5.74) is 4.38. The number of amides is 2. The Hall–Kier alpha value is -4.72. The molecule has 38 heavy (non-hydrogen) atoms. The number of hydrogen-bond donors (Lipinski definition) is 1. The van der Waals surface area contributed by atoms with E-state index in [0.29, 0.717) is 17.7 Å². The lowest BCUT2D eigenvalue weighted by Gasteiger charge is -2.31. The van der Waals surface area contributed by atoms with Crippen molar-refractivity contribution in [3.8, 4) is 11.5 Å². The van der Waals surface area contributed by atoms with Crippen LogP contribution in [0.1, 0.15) is 35.5 Å². The van der Waals surface area contributed by atoms with Gasteiger partial charge in [0.1, 0.15) is 17.5 Å². The van der Waals surface area contributed by atoms with E-state index in [-0.39, 0.29) is 6.54 Å². The van der Waals surface area contributed by atoms with E-state index in [4.69, 9.17) is 5.10 Å². The van der Waals surface area contributed by atoms with Crippen molar-refractivity contribution >= 4 is 11.7 Å². The highest BCUT2D eigenvalue weighted by Gasteiger charge is 2.36. The molecule has 6 rings (SSSR count). The van der Waals surface area contributed by atoms with E-state index in [1.54, 1.807) is 23.1 Å². The molecule has 2 aromatic heterocycles. The zero-order valence-electron chi connectivity index (χ0n) is 20.7. The summed E-state index contributed by atoms with van der Waals surface area (Å²) in [6.07, 6.45) is 2.59. The normalized spacial score (nSPS) is 14.5. The molecular weight excluding hydrogens is 484 g/mol. The van der Waals surface area contributed by atoms with Gasteiger partial charge in [0.2, 0.25) is 0 Å².